The summed E-state index contributed by atoms with van der Waals surface area (Å²) in [6, 6.07) is 0.736. The molecule has 1 nitrogen and oxygen atoms in total. The quantitative estimate of drug-likeness (QED) is 0.795. The molecule has 0 spiro atoms. The molecule has 0 heterocycles. The lowest BCUT2D eigenvalue weighted by atomic mass is 9.68. The van der Waals surface area contributed by atoms with Crippen molar-refractivity contribution in [3.05, 3.63) is 0 Å². The van der Waals surface area contributed by atoms with Crippen molar-refractivity contribution < 1.29 is 0 Å². The fourth-order valence-corrected chi connectivity index (χ4v) is 6.67. The fraction of sp³-hybridized carbons (Fsp3) is 1.00. The van der Waals surface area contributed by atoms with Gasteiger partial charge in [-0.1, -0.05) is 40.0 Å². The van der Waals surface area contributed by atoms with E-state index >= 15 is 0 Å². The number of thioether (sulfide) groups is 1. The maximum atomic E-state index is 4.08. The smallest absolute Gasteiger partial charge is 0.0281 e. The minimum absolute atomic E-state index is 0.501. The molecule has 3 fully saturated rings. The first-order chi connectivity index (χ1) is 9.42. The van der Waals surface area contributed by atoms with Crippen molar-refractivity contribution in [2.45, 2.75) is 82.9 Å². The van der Waals surface area contributed by atoms with Gasteiger partial charge in [0.25, 0.3) is 0 Å². The molecule has 2 heteroatoms. The lowest BCUT2D eigenvalue weighted by Crippen LogP contribution is -2.54. The molecule has 0 radical (unpaired) electrons. The van der Waals surface area contributed by atoms with Crippen LogP contribution in [0.3, 0.4) is 0 Å². The van der Waals surface area contributed by atoms with E-state index in [1.807, 2.05) is 0 Å². The average Bonchev–Trinajstić information content (AvgIpc) is 2.90. The molecule has 0 aromatic rings. The molecular formula is C18H33NS. The summed E-state index contributed by atoms with van der Waals surface area (Å²) in [7, 11) is 0. The number of fused-ring (bicyclic) bond motifs is 2. The molecule has 3 rings (SSSR count). The third-order valence-corrected chi connectivity index (χ3v) is 8.51. The molecule has 0 aliphatic heterocycles. The fourth-order valence-electron chi connectivity index (χ4n) is 5.75. The number of rotatable bonds is 4. The Morgan fingerprint density at radius 1 is 1.05 bits per heavy atom. The molecule has 1 N–H and O–H groups in total. The molecule has 3 aliphatic rings. The monoisotopic (exact) mass is 295 g/mol. The van der Waals surface area contributed by atoms with Crippen molar-refractivity contribution in [3.63, 3.8) is 0 Å². The van der Waals surface area contributed by atoms with Gasteiger partial charge in [0.05, 0.1) is 0 Å². The van der Waals surface area contributed by atoms with Crippen molar-refractivity contribution in [3.8, 4) is 0 Å². The molecule has 0 amide bonds. The van der Waals surface area contributed by atoms with Gasteiger partial charge < -0.3 is 5.32 Å². The van der Waals surface area contributed by atoms with Crippen LogP contribution in [0, 0.1) is 16.7 Å². The highest BCUT2D eigenvalue weighted by molar-refractivity contribution is 8.00. The Bertz CT molecular complexity index is 354. The molecule has 3 saturated carbocycles. The third kappa shape index (κ3) is 2.35. The van der Waals surface area contributed by atoms with E-state index in [4.69, 9.17) is 0 Å². The largest absolute Gasteiger partial charge is 0.312 e. The second kappa shape index (κ2) is 5.19. The zero-order valence-corrected chi connectivity index (χ0v) is 14.7. The van der Waals surface area contributed by atoms with E-state index in [0.717, 1.165) is 12.0 Å². The summed E-state index contributed by atoms with van der Waals surface area (Å²) in [5.41, 5.74) is 1.07. The van der Waals surface area contributed by atoms with Crippen LogP contribution in [0.25, 0.3) is 0 Å². The Balaban J connectivity index is 1.68. The SMILES string of the molecule is CSC1(CNC2C3(C)CCC(C3)C2(C)C)CCCCC1. The highest BCUT2D eigenvalue weighted by Crippen LogP contribution is 2.62. The third-order valence-electron chi connectivity index (χ3n) is 7.10. The van der Waals surface area contributed by atoms with Gasteiger partial charge in [-0.15, -0.1) is 0 Å². The summed E-state index contributed by atoms with van der Waals surface area (Å²) in [6.07, 6.45) is 13.9. The van der Waals surface area contributed by atoms with Crippen molar-refractivity contribution in [1.29, 1.82) is 0 Å². The Kier molecular flexibility index (Phi) is 3.95. The molecular weight excluding hydrogens is 262 g/mol. The van der Waals surface area contributed by atoms with Crippen LogP contribution >= 0.6 is 11.8 Å². The Morgan fingerprint density at radius 2 is 1.75 bits per heavy atom. The van der Waals surface area contributed by atoms with Gasteiger partial charge in [-0.2, -0.15) is 11.8 Å². The predicted octanol–water partition coefficient (Wildman–Crippen LogP) is 4.86. The van der Waals surface area contributed by atoms with Gasteiger partial charge in [-0.05, 0) is 55.1 Å². The van der Waals surface area contributed by atoms with Gasteiger partial charge in [-0.3, -0.25) is 0 Å². The van der Waals surface area contributed by atoms with E-state index in [1.165, 1.54) is 57.9 Å². The summed E-state index contributed by atoms with van der Waals surface area (Å²) < 4.78 is 0.534. The van der Waals surface area contributed by atoms with E-state index in [0.29, 0.717) is 15.6 Å². The summed E-state index contributed by atoms with van der Waals surface area (Å²) in [5, 5.41) is 4.08. The first-order valence-electron chi connectivity index (χ1n) is 8.70. The van der Waals surface area contributed by atoms with E-state index < -0.39 is 0 Å². The minimum atomic E-state index is 0.501. The van der Waals surface area contributed by atoms with Crippen LogP contribution in [0.5, 0.6) is 0 Å². The zero-order chi connectivity index (χ0) is 14.4. The Morgan fingerprint density at radius 3 is 2.30 bits per heavy atom. The van der Waals surface area contributed by atoms with Crippen LogP contribution < -0.4 is 5.32 Å². The highest BCUT2D eigenvalue weighted by Gasteiger charge is 2.59. The maximum absolute atomic E-state index is 4.08. The van der Waals surface area contributed by atoms with Crippen LogP contribution in [-0.4, -0.2) is 23.6 Å². The van der Waals surface area contributed by atoms with E-state index in [-0.39, 0.29) is 0 Å². The van der Waals surface area contributed by atoms with Gasteiger partial charge in [0.15, 0.2) is 0 Å². The van der Waals surface area contributed by atoms with Crippen LogP contribution in [0.15, 0.2) is 0 Å². The van der Waals surface area contributed by atoms with Crippen molar-refractivity contribution in [2.24, 2.45) is 16.7 Å². The van der Waals surface area contributed by atoms with Crippen LogP contribution in [-0.2, 0) is 0 Å². The lowest BCUT2D eigenvalue weighted by Gasteiger charge is -2.46. The molecule has 3 aliphatic carbocycles. The summed E-state index contributed by atoms with van der Waals surface area (Å²) in [4.78, 5) is 0. The van der Waals surface area contributed by atoms with E-state index in [9.17, 15) is 0 Å². The number of hydrogen-bond acceptors (Lipinski definition) is 2. The molecule has 116 valence electrons. The van der Waals surface area contributed by atoms with Crippen molar-refractivity contribution >= 4 is 11.8 Å². The summed E-state index contributed by atoms with van der Waals surface area (Å²) >= 11 is 2.13. The molecule has 0 aromatic carbocycles. The van der Waals surface area contributed by atoms with E-state index in [2.05, 4.69) is 44.1 Å². The predicted molar refractivity (Wildman–Crippen MR) is 90.4 cm³/mol. The minimum Gasteiger partial charge on any atom is -0.312 e. The highest BCUT2D eigenvalue weighted by atomic mass is 32.2. The van der Waals surface area contributed by atoms with Gasteiger partial charge in [-0.25, -0.2) is 0 Å². The second-order valence-corrected chi connectivity index (χ2v) is 9.95. The van der Waals surface area contributed by atoms with Gasteiger partial charge in [0.2, 0.25) is 0 Å². The molecule has 20 heavy (non-hydrogen) atoms. The standard InChI is InChI=1S/C18H33NS/c1-16(2)14-8-11-17(3,12-14)15(16)19-13-18(20-4)9-6-5-7-10-18/h14-15,19H,5-13H2,1-4H3. The first-order valence-corrected chi connectivity index (χ1v) is 9.93. The molecule has 0 saturated heterocycles. The van der Waals surface area contributed by atoms with Crippen LogP contribution in [0.4, 0.5) is 0 Å². The van der Waals surface area contributed by atoms with Gasteiger partial charge in [0.1, 0.15) is 0 Å². The second-order valence-electron chi connectivity index (χ2n) is 8.68. The number of hydrogen-bond donors (Lipinski definition) is 1. The van der Waals surface area contributed by atoms with Crippen molar-refractivity contribution in [1.82, 2.24) is 5.32 Å². The summed E-state index contributed by atoms with van der Waals surface area (Å²) in [5.74, 6) is 0.960. The molecule has 2 bridgehead atoms. The Hall–Kier alpha value is 0.310. The average molecular weight is 296 g/mol. The normalized spacial score (nSPS) is 42.0. The lowest BCUT2D eigenvalue weighted by molar-refractivity contribution is 0.105. The first kappa shape index (κ1) is 15.2. The topological polar surface area (TPSA) is 12.0 Å². The molecule has 0 aromatic heterocycles. The number of nitrogens with one attached hydrogen (secondary N) is 1. The van der Waals surface area contributed by atoms with Crippen LogP contribution in [0.1, 0.15) is 72.1 Å². The maximum Gasteiger partial charge on any atom is 0.0281 e. The summed E-state index contributed by atoms with van der Waals surface area (Å²) in [6.45, 7) is 8.83. The van der Waals surface area contributed by atoms with E-state index in [1.54, 1.807) is 0 Å². The molecule has 3 atom stereocenters. The Labute approximate surface area is 130 Å². The van der Waals surface area contributed by atoms with Crippen molar-refractivity contribution in [2.75, 3.05) is 12.8 Å². The zero-order valence-electron chi connectivity index (χ0n) is 13.9. The molecule has 3 unspecified atom stereocenters. The van der Waals surface area contributed by atoms with Gasteiger partial charge in [0, 0.05) is 17.3 Å². The van der Waals surface area contributed by atoms with Gasteiger partial charge >= 0.3 is 0 Å². The van der Waals surface area contributed by atoms with Crippen LogP contribution in [0.2, 0.25) is 0 Å².